The van der Waals surface area contributed by atoms with E-state index in [0.717, 1.165) is 13.0 Å². The van der Waals surface area contributed by atoms with Crippen molar-refractivity contribution in [1.82, 2.24) is 4.90 Å². The summed E-state index contributed by atoms with van der Waals surface area (Å²) in [4.78, 5) is 13.9. The van der Waals surface area contributed by atoms with Crippen molar-refractivity contribution in [3.05, 3.63) is 35.6 Å². The average Bonchev–Trinajstić information content (AvgIpc) is 3.02. The Bertz CT molecular complexity index is 632. The Morgan fingerprint density at radius 2 is 2.25 bits per heavy atom. The maximum Gasteiger partial charge on any atom is 0.339 e. The molecule has 1 aliphatic rings. The van der Waals surface area contributed by atoms with Gasteiger partial charge in [-0.3, -0.25) is 4.90 Å². The largest absolute Gasteiger partial charge is 0.478 e. The number of carbonyl (C=O) groups is 1. The molecule has 0 aliphatic carbocycles. The fourth-order valence-corrected chi connectivity index (χ4v) is 3.19. The summed E-state index contributed by atoms with van der Waals surface area (Å²) in [6.07, 6.45) is 3.48. The van der Waals surface area contributed by atoms with Crippen LogP contribution in [0, 0.1) is 0 Å². The Labute approximate surface area is 118 Å². The summed E-state index contributed by atoms with van der Waals surface area (Å²) < 4.78 is 5.79. The Morgan fingerprint density at radius 1 is 1.45 bits per heavy atom. The van der Waals surface area contributed by atoms with Gasteiger partial charge < -0.3 is 9.52 Å². The molecule has 1 unspecified atom stereocenters. The minimum absolute atomic E-state index is 0.322. The van der Waals surface area contributed by atoms with E-state index < -0.39 is 5.97 Å². The van der Waals surface area contributed by atoms with E-state index in [-0.39, 0.29) is 0 Å². The summed E-state index contributed by atoms with van der Waals surface area (Å²) >= 11 is 0. The maximum absolute atomic E-state index is 11.5. The van der Waals surface area contributed by atoms with E-state index >= 15 is 0 Å². The number of nitrogens with zero attached hydrogens (tertiary/aromatic N) is 1. The molecule has 2 aromatic rings. The number of carboxylic acid groups (broad SMARTS) is 1. The van der Waals surface area contributed by atoms with E-state index in [1.165, 1.54) is 12.8 Å². The molecule has 1 atom stereocenters. The molecule has 20 heavy (non-hydrogen) atoms. The number of para-hydroxylation sites is 1. The SMILES string of the molecule is CCC1CCCN1Cc1oc2ccccc2c1C(=O)O. The number of benzene rings is 1. The molecule has 4 nitrogen and oxygen atoms in total. The van der Waals surface area contributed by atoms with Crippen molar-refractivity contribution in [2.24, 2.45) is 0 Å². The Morgan fingerprint density at radius 3 is 3.00 bits per heavy atom. The van der Waals surface area contributed by atoms with Crippen molar-refractivity contribution in [2.45, 2.75) is 38.8 Å². The van der Waals surface area contributed by atoms with Crippen LogP contribution in [0.1, 0.15) is 42.3 Å². The third kappa shape index (κ3) is 2.20. The smallest absolute Gasteiger partial charge is 0.339 e. The van der Waals surface area contributed by atoms with Gasteiger partial charge in [-0.1, -0.05) is 25.1 Å². The summed E-state index contributed by atoms with van der Waals surface area (Å²) in [6, 6.07) is 7.90. The zero-order chi connectivity index (χ0) is 14.1. The lowest BCUT2D eigenvalue weighted by molar-refractivity contribution is 0.0694. The van der Waals surface area contributed by atoms with Gasteiger partial charge in [0.05, 0.1) is 6.54 Å². The van der Waals surface area contributed by atoms with Gasteiger partial charge in [-0.15, -0.1) is 0 Å². The number of likely N-dealkylation sites (tertiary alicyclic amines) is 1. The molecule has 4 heteroatoms. The number of carboxylic acids is 1. The first-order valence-corrected chi connectivity index (χ1v) is 7.18. The molecule has 1 saturated heterocycles. The quantitative estimate of drug-likeness (QED) is 0.926. The first-order chi connectivity index (χ1) is 9.70. The van der Waals surface area contributed by atoms with E-state index in [2.05, 4.69) is 11.8 Å². The molecule has 0 amide bonds. The highest BCUT2D eigenvalue weighted by Crippen LogP contribution is 2.29. The molecule has 0 bridgehead atoms. The highest BCUT2D eigenvalue weighted by molar-refractivity contribution is 6.03. The molecular formula is C16H19NO3. The van der Waals surface area contributed by atoms with Crippen LogP contribution in [0.2, 0.25) is 0 Å². The van der Waals surface area contributed by atoms with Crippen molar-refractivity contribution in [3.8, 4) is 0 Å². The topological polar surface area (TPSA) is 53.7 Å². The van der Waals surface area contributed by atoms with Crippen LogP contribution in [0.3, 0.4) is 0 Å². The van der Waals surface area contributed by atoms with Gasteiger partial charge in [-0.25, -0.2) is 4.79 Å². The number of hydrogen-bond donors (Lipinski definition) is 1. The van der Waals surface area contributed by atoms with Gasteiger partial charge in [0.15, 0.2) is 0 Å². The second-order valence-electron chi connectivity index (χ2n) is 5.38. The fraction of sp³-hybridized carbons (Fsp3) is 0.438. The van der Waals surface area contributed by atoms with Crippen LogP contribution in [-0.4, -0.2) is 28.6 Å². The van der Waals surface area contributed by atoms with Crippen LogP contribution >= 0.6 is 0 Å². The van der Waals surface area contributed by atoms with Gasteiger partial charge in [0.25, 0.3) is 0 Å². The van der Waals surface area contributed by atoms with Crippen molar-refractivity contribution in [3.63, 3.8) is 0 Å². The molecule has 0 saturated carbocycles. The molecule has 1 aliphatic heterocycles. The van der Waals surface area contributed by atoms with E-state index in [0.29, 0.717) is 34.9 Å². The lowest BCUT2D eigenvalue weighted by Gasteiger charge is -2.22. The van der Waals surface area contributed by atoms with Crippen LogP contribution in [0.5, 0.6) is 0 Å². The highest BCUT2D eigenvalue weighted by atomic mass is 16.4. The third-order valence-corrected chi connectivity index (χ3v) is 4.20. The van der Waals surface area contributed by atoms with Crippen LogP contribution in [0.15, 0.2) is 28.7 Å². The van der Waals surface area contributed by atoms with E-state index in [1.54, 1.807) is 0 Å². The molecule has 106 valence electrons. The molecule has 2 heterocycles. The minimum atomic E-state index is -0.905. The van der Waals surface area contributed by atoms with Crippen LogP contribution < -0.4 is 0 Å². The summed E-state index contributed by atoms with van der Waals surface area (Å²) in [5.41, 5.74) is 0.981. The summed E-state index contributed by atoms with van der Waals surface area (Å²) in [7, 11) is 0. The first kappa shape index (κ1) is 13.2. The second kappa shape index (κ2) is 5.29. The lowest BCUT2D eigenvalue weighted by atomic mass is 10.1. The second-order valence-corrected chi connectivity index (χ2v) is 5.38. The van der Waals surface area contributed by atoms with Crippen LogP contribution in [0.25, 0.3) is 11.0 Å². The monoisotopic (exact) mass is 273 g/mol. The van der Waals surface area contributed by atoms with Gasteiger partial charge in [0, 0.05) is 11.4 Å². The van der Waals surface area contributed by atoms with Gasteiger partial charge in [0.2, 0.25) is 0 Å². The predicted molar refractivity (Wildman–Crippen MR) is 76.9 cm³/mol. The Hall–Kier alpha value is -1.81. The first-order valence-electron chi connectivity index (χ1n) is 7.18. The Balaban J connectivity index is 1.98. The average molecular weight is 273 g/mol. The highest BCUT2D eigenvalue weighted by Gasteiger charge is 2.27. The standard InChI is InChI=1S/C16H19NO3/c1-2-11-6-5-9-17(11)10-14-15(16(18)19)12-7-3-4-8-13(12)20-14/h3-4,7-8,11H,2,5-6,9-10H2,1H3,(H,18,19). The van der Waals surface area contributed by atoms with E-state index in [4.69, 9.17) is 4.42 Å². The van der Waals surface area contributed by atoms with Crippen LogP contribution in [-0.2, 0) is 6.54 Å². The van der Waals surface area contributed by atoms with E-state index in [1.807, 2.05) is 24.3 Å². The molecule has 1 fully saturated rings. The van der Waals surface area contributed by atoms with Crippen LogP contribution in [0.4, 0.5) is 0 Å². The van der Waals surface area contributed by atoms with Crippen molar-refractivity contribution in [2.75, 3.05) is 6.54 Å². The molecule has 1 N–H and O–H groups in total. The fourth-order valence-electron chi connectivity index (χ4n) is 3.19. The van der Waals surface area contributed by atoms with Gasteiger partial charge in [-0.05, 0) is 31.9 Å². The predicted octanol–water partition coefficient (Wildman–Crippen LogP) is 3.51. The molecule has 0 radical (unpaired) electrons. The maximum atomic E-state index is 11.5. The summed E-state index contributed by atoms with van der Waals surface area (Å²) in [5, 5.41) is 10.2. The number of hydrogen-bond acceptors (Lipinski definition) is 3. The van der Waals surface area contributed by atoms with E-state index in [9.17, 15) is 9.90 Å². The summed E-state index contributed by atoms with van der Waals surface area (Å²) in [6.45, 7) is 3.79. The van der Waals surface area contributed by atoms with Gasteiger partial charge in [-0.2, -0.15) is 0 Å². The molecule has 1 aromatic carbocycles. The number of furan rings is 1. The molecule has 0 spiro atoms. The van der Waals surface area contributed by atoms with Crippen molar-refractivity contribution >= 4 is 16.9 Å². The summed E-state index contributed by atoms with van der Waals surface area (Å²) in [5.74, 6) is -0.323. The van der Waals surface area contributed by atoms with Crippen molar-refractivity contribution < 1.29 is 14.3 Å². The number of rotatable bonds is 4. The van der Waals surface area contributed by atoms with Gasteiger partial charge >= 0.3 is 5.97 Å². The minimum Gasteiger partial charge on any atom is -0.478 e. The molecule has 1 aromatic heterocycles. The lowest BCUT2D eigenvalue weighted by Crippen LogP contribution is -2.28. The Kier molecular flexibility index (Phi) is 3.49. The zero-order valence-corrected chi connectivity index (χ0v) is 11.6. The third-order valence-electron chi connectivity index (χ3n) is 4.20. The number of fused-ring (bicyclic) bond motifs is 1. The van der Waals surface area contributed by atoms with Crippen molar-refractivity contribution in [1.29, 1.82) is 0 Å². The molecular weight excluding hydrogens is 254 g/mol. The molecule has 3 rings (SSSR count). The number of aromatic carboxylic acids is 1. The normalized spacial score (nSPS) is 19.8. The van der Waals surface area contributed by atoms with Gasteiger partial charge in [0.1, 0.15) is 16.9 Å². The zero-order valence-electron chi connectivity index (χ0n) is 11.6.